The summed E-state index contributed by atoms with van der Waals surface area (Å²) in [5, 5.41) is 3.71. The summed E-state index contributed by atoms with van der Waals surface area (Å²) in [5.74, 6) is 0. The van der Waals surface area contributed by atoms with E-state index in [0.29, 0.717) is 0 Å². The highest BCUT2D eigenvalue weighted by Gasteiger charge is 2.14. The Kier molecular flexibility index (Phi) is 5.50. The van der Waals surface area contributed by atoms with Gasteiger partial charge >= 0.3 is 0 Å². The molecule has 3 heterocycles. The Balaban J connectivity index is 1.15. The second-order valence-corrected chi connectivity index (χ2v) is 11.3. The first-order valence-corrected chi connectivity index (χ1v) is 15.0. The first-order chi connectivity index (χ1) is 21.8. The van der Waals surface area contributed by atoms with Gasteiger partial charge in [-0.3, -0.25) is 4.98 Å². The van der Waals surface area contributed by atoms with E-state index in [2.05, 4.69) is 161 Å². The molecule has 0 radical (unpaired) electrons. The predicted octanol–water partition coefficient (Wildman–Crippen LogP) is 10.6. The summed E-state index contributed by atoms with van der Waals surface area (Å²) < 4.78 is 4.70. The molecule has 0 unspecified atom stereocenters. The largest absolute Gasteiger partial charge is 0.309 e. The van der Waals surface area contributed by atoms with E-state index in [1.54, 1.807) is 0 Å². The number of pyridine rings is 1. The first kappa shape index (κ1) is 24.6. The lowest BCUT2D eigenvalue weighted by Gasteiger charge is -2.12. The maximum Gasteiger partial charge on any atom is 0.0963 e. The van der Waals surface area contributed by atoms with Crippen molar-refractivity contribution in [3.63, 3.8) is 0 Å². The number of para-hydroxylation sites is 3. The second kappa shape index (κ2) is 9.82. The zero-order valence-electron chi connectivity index (χ0n) is 23.9. The minimum atomic E-state index is 1.03. The lowest BCUT2D eigenvalue weighted by molar-refractivity contribution is 1.18. The molecule has 206 valence electrons. The molecule has 3 aromatic heterocycles. The predicted molar refractivity (Wildman–Crippen MR) is 184 cm³/mol. The van der Waals surface area contributed by atoms with Crippen LogP contribution in [0.15, 0.2) is 164 Å². The topological polar surface area (TPSA) is 22.8 Å². The highest BCUT2D eigenvalue weighted by molar-refractivity contribution is 6.09. The number of aromatic nitrogens is 3. The zero-order chi connectivity index (χ0) is 29.0. The van der Waals surface area contributed by atoms with Crippen LogP contribution in [0.25, 0.3) is 77.4 Å². The van der Waals surface area contributed by atoms with Gasteiger partial charge in [0.2, 0.25) is 0 Å². The summed E-state index contributed by atoms with van der Waals surface area (Å²) in [4.78, 5) is 4.72. The van der Waals surface area contributed by atoms with E-state index in [-0.39, 0.29) is 0 Å². The summed E-state index contributed by atoms with van der Waals surface area (Å²) in [6, 6.07) is 56.6. The molecule has 0 aliphatic heterocycles. The van der Waals surface area contributed by atoms with Gasteiger partial charge in [0.25, 0.3) is 0 Å². The van der Waals surface area contributed by atoms with E-state index in [1.165, 1.54) is 49.4 Å². The minimum absolute atomic E-state index is 1.03. The van der Waals surface area contributed by atoms with Gasteiger partial charge in [-0.2, -0.15) is 0 Å². The first-order valence-electron chi connectivity index (χ1n) is 15.0. The molecule has 9 rings (SSSR count). The zero-order valence-corrected chi connectivity index (χ0v) is 23.9. The lowest BCUT2D eigenvalue weighted by atomic mass is 9.98. The highest BCUT2D eigenvalue weighted by Crippen LogP contribution is 2.35. The number of benzene rings is 6. The van der Waals surface area contributed by atoms with Crippen LogP contribution < -0.4 is 0 Å². The van der Waals surface area contributed by atoms with Crippen molar-refractivity contribution in [1.29, 1.82) is 0 Å². The van der Waals surface area contributed by atoms with Gasteiger partial charge in [0.15, 0.2) is 0 Å². The van der Waals surface area contributed by atoms with Crippen molar-refractivity contribution in [2.45, 2.75) is 0 Å². The minimum Gasteiger partial charge on any atom is -0.309 e. The maximum atomic E-state index is 4.72. The van der Waals surface area contributed by atoms with Gasteiger partial charge < -0.3 is 9.13 Å². The normalized spacial score (nSPS) is 11.6. The molecule has 0 aliphatic rings. The Morgan fingerprint density at radius 1 is 0.341 bits per heavy atom. The highest BCUT2D eigenvalue weighted by atomic mass is 15.0. The molecule has 3 heteroatoms. The van der Waals surface area contributed by atoms with Crippen LogP contribution in [-0.4, -0.2) is 14.1 Å². The molecule has 0 aliphatic carbocycles. The molecule has 0 saturated heterocycles. The summed E-state index contributed by atoms with van der Waals surface area (Å²) in [6.07, 6.45) is 1.87. The van der Waals surface area contributed by atoms with Crippen LogP contribution in [0.5, 0.6) is 0 Å². The van der Waals surface area contributed by atoms with Crippen LogP contribution in [0, 0.1) is 0 Å². The molecule has 0 saturated carbocycles. The van der Waals surface area contributed by atoms with Gasteiger partial charge in [0.05, 0.1) is 27.6 Å². The van der Waals surface area contributed by atoms with Crippen molar-refractivity contribution in [1.82, 2.24) is 14.1 Å². The summed E-state index contributed by atoms with van der Waals surface area (Å²) in [5.41, 5.74) is 12.8. The average molecular weight is 562 g/mol. The van der Waals surface area contributed by atoms with Crippen molar-refractivity contribution in [2.75, 3.05) is 0 Å². The van der Waals surface area contributed by atoms with Gasteiger partial charge in [-0.15, -0.1) is 0 Å². The fourth-order valence-corrected chi connectivity index (χ4v) is 6.79. The molecule has 9 aromatic rings. The van der Waals surface area contributed by atoms with E-state index in [4.69, 9.17) is 4.98 Å². The van der Waals surface area contributed by atoms with Gasteiger partial charge in [-0.1, -0.05) is 97.1 Å². The number of nitrogens with zero attached hydrogens (tertiary/aromatic N) is 3. The Bertz CT molecular complexity index is 2230. The lowest BCUT2D eigenvalue weighted by Crippen LogP contribution is -1.95. The molecule has 0 N–H and O–H groups in total. The molecule has 0 fully saturated rings. The molecule has 3 nitrogen and oxygen atoms in total. The maximum absolute atomic E-state index is 4.72. The quantitative estimate of drug-likeness (QED) is 0.210. The summed E-state index contributed by atoms with van der Waals surface area (Å²) in [7, 11) is 0. The Morgan fingerprint density at radius 2 is 0.773 bits per heavy atom. The Morgan fingerprint density at radius 3 is 1.36 bits per heavy atom. The van der Waals surface area contributed by atoms with E-state index >= 15 is 0 Å². The molecule has 0 atom stereocenters. The number of fused-ring (bicyclic) bond motifs is 6. The Hall–Kier alpha value is -5.93. The molecule has 0 bridgehead atoms. The van der Waals surface area contributed by atoms with E-state index in [9.17, 15) is 0 Å². The number of rotatable bonds is 4. The third-order valence-electron chi connectivity index (χ3n) is 8.75. The molecule has 0 amide bonds. The standard InChI is InChI=1S/C41H27N3/c1-4-20-37-34(17-1)35-18-2-5-21-38(35)43(37)32-15-8-13-30(26-32)28-11-7-12-29(25-28)31-14-9-16-33(27-31)44-39-22-6-3-19-36(39)41-40(44)23-10-24-42-41/h1-27H. The average Bonchev–Trinajstić information content (AvgIpc) is 3.62. The van der Waals surface area contributed by atoms with Crippen LogP contribution in [0.2, 0.25) is 0 Å². The molecule has 0 spiro atoms. The fourth-order valence-electron chi connectivity index (χ4n) is 6.79. The van der Waals surface area contributed by atoms with Crippen LogP contribution >= 0.6 is 0 Å². The monoisotopic (exact) mass is 561 g/mol. The summed E-state index contributed by atoms with van der Waals surface area (Å²) >= 11 is 0. The van der Waals surface area contributed by atoms with Crippen LogP contribution in [0.4, 0.5) is 0 Å². The van der Waals surface area contributed by atoms with Crippen LogP contribution in [0.3, 0.4) is 0 Å². The molecular weight excluding hydrogens is 534 g/mol. The third kappa shape index (κ3) is 3.80. The molecule has 6 aromatic carbocycles. The van der Waals surface area contributed by atoms with Crippen molar-refractivity contribution in [3.05, 3.63) is 164 Å². The molecule has 44 heavy (non-hydrogen) atoms. The van der Waals surface area contributed by atoms with Crippen molar-refractivity contribution >= 4 is 43.7 Å². The van der Waals surface area contributed by atoms with Gasteiger partial charge in [0, 0.05) is 33.7 Å². The van der Waals surface area contributed by atoms with Gasteiger partial charge in [-0.25, -0.2) is 0 Å². The van der Waals surface area contributed by atoms with Crippen LogP contribution in [-0.2, 0) is 0 Å². The van der Waals surface area contributed by atoms with Gasteiger partial charge in [0.1, 0.15) is 0 Å². The number of hydrogen-bond acceptors (Lipinski definition) is 1. The van der Waals surface area contributed by atoms with Crippen molar-refractivity contribution in [2.24, 2.45) is 0 Å². The van der Waals surface area contributed by atoms with E-state index < -0.39 is 0 Å². The van der Waals surface area contributed by atoms with E-state index in [1.807, 2.05) is 12.3 Å². The number of hydrogen-bond donors (Lipinski definition) is 0. The Labute approximate surface area is 254 Å². The smallest absolute Gasteiger partial charge is 0.0963 e. The SMILES string of the molecule is c1cc(-c2cccc(-n3c4ccccc4c4ccccc43)c2)cc(-c2cccc(-n3c4ccccc4c4ncccc43)c2)c1. The van der Waals surface area contributed by atoms with Crippen molar-refractivity contribution in [3.8, 4) is 33.6 Å². The summed E-state index contributed by atoms with van der Waals surface area (Å²) in [6.45, 7) is 0. The van der Waals surface area contributed by atoms with Gasteiger partial charge in [-0.05, 0) is 82.9 Å². The van der Waals surface area contributed by atoms with E-state index in [0.717, 1.165) is 27.9 Å². The second-order valence-electron chi connectivity index (χ2n) is 11.3. The fraction of sp³-hybridized carbons (Fsp3) is 0. The molecular formula is C41H27N3. The third-order valence-corrected chi connectivity index (χ3v) is 8.75. The van der Waals surface area contributed by atoms with Crippen LogP contribution in [0.1, 0.15) is 0 Å². The van der Waals surface area contributed by atoms with Crippen molar-refractivity contribution < 1.29 is 0 Å².